The zero-order chi connectivity index (χ0) is 13.3. The second-order valence-electron chi connectivity index (χ2n) is 6.40. The molecule has 1 aliphatic heterocycles. The maximum Gasteiger partial charge on any atom is 0.333 e. The largest absolute Gasteiger partial charge is 0.466 e. The average Bonchev–Trinajstić information content (AvgIpc) is 2.11. The van der Waals surface area contributed by atoms with Crippen LogP contribution in [-0.4, -0.2) is 24.2 Å². The zero-order valence-corrected chi connectivity index (χ0v) is 11.9. The number of nitrogens with one attached hydrogen (secondary N) is 1. The fourth-order valence-corrected chi connectivity index (χ4v) is 3.10. The third-order valence-electron chi connectivity index (χ3n) is 3.21. The quantitative estimate of drug-likeness (QED) is 0.594. The van der Waals surface area contributed by atoms with Gasteiger partial charge in [-0.1, -0.05) is 6.08 Å². The van der Waals surface area contributed by atoms with Crippen LogP contribution < -0.4 is 5.32 Å². The minimum atomic E-state index is -0.223. The molecular weight excluding hydrogens is 214 g/mol. The van der Waals surface area contributed by atoms with E-state index in [1.807, 2.05) is 6.92 Å². The van der Waals surface area contributed by atoms with E-state index < -0.39 is 0 Å². The Morgan fingerprint density at radius 3 is 2.12 bits per heavy atom. The molecule has 98 valence electrons. The van der Waals surface area contributed by atoms with Crippen LogP contribution in [-0.2, 0) is 9.53 Å². The summed E-state index contributed by atoms with van der Waals surface area (Å²) in [5.41, 5.74) is 0.935. The number of esters is 1. The Morgan fingerprint density at radius 1 is 1.24 bits per heavy atom. The summed E-state index contributed by atoms with van der Waals surface area (Å²) in [5.74, 6) is 0.208. The van der Waals surface area contributed by atoms with Crippen LogP contribution in [0.4, 0.5) is 0 Å². The van der Waals surface area contributed by atoms with Crippen molar-refractivity contribution >= 4 is 5.97 Å². The molecule has 0 amide bonds. The Kier molecular flexibility index (Phi) is 4.03. The van der Waals surface area contributed by atoms with Gasteiger partial charge in [-0.05, 0) is 53.4 Å². The van der Waals surface area contributed by atoms with Crippen LogP contribution in [0, 0.1) is 5.92 Å². The van der Waals surface area contributed by atoms with Gasteiger partial charge in [-0.2, -0.15) is 0 Å². The van der Waals surface area contributed by atoms with Crippen molar-refractivity contribution in [2.24, 2.45) is 5.92 Å². The summed E-state index contributed by atoms with van der Waals surface area (Å²) >= 11 is 0. The predicted molar refractivity (Wildman–Crippen MR) is 69.8 cm³/mol. The molecule has 17 heavy (non-hydrogen) atoms. The number of rotatable bonds is 2. The third-order valence-corrected chi connectivity index (χ3v) is 3.21. The molecule has 1 heterocycles. The van der Waals surface area contributed by atoms with E-state index in [2.05, 4.69) is 39.1 Å². The Balaban J connectivity index is 2.82. The maximum atomic E-state index is 11.4. The first-order valence-electron chi connectivity index (χ1n) is 6.21. The number of ether oxygens (including phenoxy) is 1. The number of hydrogen-bond donors (Lipinski definition) is 1. The summed E-state index contributed by atoms with van der Waals surface area (Å²) in [6.45, 7) is 10.7. The summed E-state index contributed by atoms with van der Waals surface area (Å²) in [5, 5.41) is 3.63. The molecule has 0 unspecified atom stereocenters. The van der Waals surface area contributed by atoms with E-state index in [1.54, 1.807) is 0 Å². The molecule has 0 aromatic rings. The number of piperidine rings is 1. The molecule has 0 aromatic carbocycles. The van der Waals surface area contributed by atoms with E-state index in [0.29, 0.717) is 11.5 Å². The maximum absolute atomic E-state index is 11.4. The number of hydrogen-bond acceptors (Lipinski definition) is 3. The fraction of sp³-hybridized carbons (Fsp3) is 0.786. The van der Waals surface area contributed by atoms with Gasteiger partial charge in [0, 0.05) is 16.7 Å². The second kappa shape index (κ2) is 4.81. The number of carbonyl (C=O) groups is 1. The van der Waals surface area contributed by atoms with E-state index in [1.165, 1.54) is 7.11 Å². The van der Waals surface area contributed by atoms with E-state index in [-0.39, 0.29) is 17.0 Å². The molecule has 1 aliphatic rings. The minimum absolute atomic E-state index is 0.110. The molecule has 0 spiro atoms. The van der Waals surface area contributed by atoms with Crippen molar-refractivity contribution in [2.45, 2.75) is 58.5 Å². The van der Waals surface area contributed by atoms with Crippen molar-refractivity contribution in [1.82, 2.24) is 5.32 Å². The first kappa shape index (κ1) is 14.2. The Morgan fingerprint density at radius 2 is 1.71 bits per heavy atom. The molecule has 1 fully saturated rings. The zero-order valence-electron chi connectivity index (χ0n) is 11.9. The van der Waals surface area contributed by atoms with Gasteiger partial charge in [-0.25, -0.2) is 4.79 Å². The molecule has 1 saturated heterocycles. The van der Waals surface area contributed by atoms with E-state index >= 15 is 0 Å². The van der Waals surface area contributed by atoms with Crippen molar-refractivity contribution in [1.29, 1.82) is 0 Å². The van der Waals surface area contributed by atoms with Gasteiger partial charge < -0.3 is 10.1 Å². The summed E-state index contributed by atoms with van der Waals surface area (Å²) in [4.78, 5) is 11.4. The lowest BCUT2D eigenvalue weighted by molar-refractivity contribution is -0.136. The first-order valence-corrected chi connectivity index (χ1v) is 6.21. The van der Waals surface area contributed by atoms with Crippen LogP contribution in [0.25, 0.3) is 0 Å². The lowest BCUT2D eigenvalue weighted by Crippen LogP contribution is -2.57. The highest BCUT2D eigenvalue weighted by molar-refractivity contribution is 5.87. The Labute approximate surface area is 105 Å². The average molecular weight is 239 g/mol. The van der Waals surface area contributed by atoms with E-state index in [4.69, 9.17) is 4.74 Å². The topological polar surface area (TPSA) is 38.3 Å². The summed E-state index contributed by atoms with van der Waals surface area (Å²) in [7, 11) is 1.43. The summed E-state index contributed by atoms with van der Waals surface area (Å²) in [6, 6.07) is 0. The van der Waals surface area contributed by atoms with Crippen LogP contribution in [0.3, 0.4) is 0 Å². The van der Waals surface area contributed by atoms with Crippen LogP contribution in [0.5, 0.6) is 0 Å². The molecule has 3 heteroatoms. The highest BCUT2D eigenvalue weighted by atomic mass is 16.5. The predicted octanol–water partition coefficient (Wildman–Crippen LogP) is 2.66. The molecule has 0 saturated carbocycles. The van der Waals surface area contributed by atoms with Crippen LogP contribution in [0.1, 0.15) is 47.5 Å². The highest BCUT2D eigenvalue weighted by Gasteiger charge is 2.36. The van der Waals surface area contributed by atoms with Gasteiger partial charge >= 0.3 is 5.97 Å². The molecular formula is C14H25NO2. The van der Waals surface area contributed by atoms with Gasteiger partial charge in [0.25, 0.3) is 0 Å². The fourth-order valence-electron chi connectivity index (χ4n) is 3.10. The van der Waals surface area contributed by atoms with Crippen molar-refractivity contribution in [2.75, 3.05) is 7.11 Å². The second-order valence-corrected chi connectivity index (χ2v) is 6.40. The molecule has 1 N–H and O–H groups in total. The summed E-state index contributed by atoms with van der Waals surface area (Å²) in [6.07, 6.45) is 4.16. The smallest absolute Gasteiger partial charge is 0.333 e. The standard InChI is InChI=1S/C14H25NO2/c1-10(12(16)17-6)7-11-8-13(2,3)15-14(4,5)9-11/h7,11,15H,8-9H2,1-6H3/b10-7+. The van der Waals surface area contributed by atoms with Gasteiger partial charge in [0.2, 0.25) is 0 Å². The minimum Gasteiger partial charge on any atom is -0.466 e. The van der Waals surface area contributed by atoms with Crippen molar-refractivity contribution < 1.29 is 9.53 Å². The van der Waals surface area contributed by atoms with Crippen LogP contribution in [0.15, 0.2) is 11.6 Å². The number of carbonyl (C=O) groups excluding carboxylic acids is 1. The molecule has 0 aromatic heterocycles. The monoisotopic (exact) mass is 239 g/mol. The van der Waals surface area contributed by atoms with E-state index in [9.17, 15) is 4.79 Å². The number of allylic oxidation sites excluding steroid dienone is 1. The van der Waals surface area contributed by atoms with Crippen LogP contribution in [0.2, 0.25) is 0 Å². The molecule has 3 nitrogen and oxygen atoms in total. The molecule has 0 bridgehead atoms. The lowest BCUT2D eigenvalue weighted by Gasteiger charge is -2.46. The normalized spacial score (nSPS) is 24.5. The lowest BCUT2D eigenvalue weighted by atomic mass is 9.75. The van der Waals surface area contributed by atoms with Gasteiger partial charge in [-0.3, -0.25) is 0 Å². The van der Waals surface area contributed by atoms with Gasteiger partial charge in [0.1, 0.15) is 0 Å². The van der Waals surface area contributed by atoms with Gasteiger partial charge in [0.05, 0.1) is 7.11 Å². The molecule has 0 atom stereocenters. The molecule has 1 rings (SSSR count). The third kappa shape index (κ3) is 4.15. The van der Waals surface area contributed by atoms with Gasteiger partial charge in [0.15, 0.2) is 0 Å². The van der Waals surface area contributed by atoms with E-state index in [0.717, 1.165) is 12.8 Å². The van der Waals surface area contributed by atoms with Crippen molar-refractivity contribution in [3.8, 4) is 0 Å². The Hall–Kier alpha value is -0.830. The van der Waals surface area contributed by atoms with Crippen molar-refractivity contribution in [3.05, 3.63) is 11.6 Å². The van der Waals surface area contributed by atoms with Crippen LogP contribution >= 0.6 is 0 Å². The van der Waals surface area contributed by atoms with Gasteiger partial charge in [-0.15, -0.1) is 0 Å². The first-order chi connectivity index (χ1) is 7.65. The molecule has 0 radical (unpaired) electrons. The van der Waals surface area contributed by atoms with Crippen molar-refractivity contribution in [3.63, 3.8) is 0 Å². The SMILES string of the molecule is COC(=O)/C(C)=C/C1CC(C)(C)NC(C)(C)C1. The summed E-state index contributed by atoms with van der Waals surface area (Å²) < 4.78 is 4.73. The number of methoxy groups -OCH3 is 1. The molecule has 0 aliphatic carbocycles. The Bertz CT molecular complexity index is 313. The highest BCUT2D eigenvalue weighted by Crippen LogP contribution is 2.34.